The van der Waals surface area contributed by atoms with E-state index in [0.717, 1.165) is 23.0 Å². The normalized spacial score (nSPS) is 11.1. The maximum absolute atomic E-state index is 12.6. The number of hydrogen-bond acceptors (Lipinski definition) is 7. The number of aryl methyl sites for hydroxylation is 1. The highest BCUT2D eigenvalue weighted by atomic mass is 32.2. The topological polar surface area (TPSA) is 78.3 Å². The number of ether oxygens (including phenoxy) is 2. The van der Waals surface area contributed by atoms with E-state index >= 15 is 0 Å². The van der Waals surface area contributed by atoms with Crippen molar-refractivity contribution in [2.75, 3.05) is 25.3 Å². The SMILES string of the molecule is CCc1c(-c2nnc(SCC(=O)Nc3cc(OC)ccc3OC)n2C(C)C)csc1C. The molecule has 0 aliphatic rings. The Morgan fingerprint density at radius 3 is 2.68 bits per heavy atom. The third-order valence-corrected chi connectivity index (χ3v) is 6.79. The van der Waals surface area contributed by atoms with Crippen molar-refractivity contribution >= 4 is 34.7 Å². The van der Waals surface area contributed by atoms with Crippen LogP contribution in [0.15, 0.2) is 28.7 Å². The van der Waals surface area contributed by atoms with Crippen LogP contribution >= 0.6 is 23.1 Å². The predicted octanol–water partition coefficient (Wildman–Crippen LogP) is 5.21. The molecule has 0 atom stereocenters. The Balaban J connectivity index is 1.78. The van der Waals surface area contributed by atoms with Crippen LogP contribution in [0.4, 0.5) is 5.69 Å². The second-order valence-corrected chi connectivity index (χ2v) is 9.24. The van der Waals surface area contributed by atoms with Gasteiger partial charge in [0.05, 0.1) is 25.7 Å². The number of nitrogens with one attached hydrogen (secondary N) is 1. The van der Waals surface area contributed by atoms with Crippen LogP contribution in [0.5, 0.6) is 11.5 Å². The molecule has 0 saturated carbocycles. The zero-order valence-corrected chi connectivity index (χ0v) is 20.3. The van der Waals surface area contributed by atoms with Gasteiger partial charge in [-0.2, -0.15) is 0 Å². The standard InChI is InChI=1S/C22H28N4O3S2/c1-7-16-14(4)30-11-17(16)21-24-25-22(26(21)13(2)3)31-12-20(27)23-18-10-15(28-5)8-9-19(18)29-6/h8-11,13H,7,12H2,1-6H3,(H,23,27). The first-order chi connectivity index (χ1) is 14.9. The summed E-state index contributed by atoms with van der Waals surface area (Å²) in [7, 11) is 3.15. The summed E-state index contributed by atoms with van der Waals surface area (Å²) < 4.78 is 12.7. The Morgan fingerprint density at radius 2 is 2.03 bits per heavy atom. The summed E-state index contributed by atoms with van der Waals surface area (Å²) in [4.78, 5) is 13.9. The average Bonchev–Trinajstić information content (AvgIpc) is 3.34. The highest BCUT2D eigenvalue weighted by Crippen LogP contribution is 2.34. The molecular weight excluding hydrogens is 432 g/mol. The van der Waals surface area contributed by atoms with E-state index in [0.29, 0.717) is 17.2 Å². The van der Waals surface area contributed by atoms with Gasteiger partial charge in [-0.3, -0.25) is 9.36 Å². The van der Waals surface area contributed by atoms with Crippen LogP contribution < -0.4 is 14.8 Å². The number of methoxy groups -OCH3 is 2. The van der Waals surface area contributed by atoms with Crippen LogP contribution in [-0.4, -0.2) is 40.6 Å². The molecule has 3 aromatic rings. The van der Waals surface area contributed by atoms with Gasteiger partial charge >= 0.3 is 0 Å². The van der Waals surface area contributed by atoms with Crippen molar-refractivity contribution in [2.24, 2.45) is 0 Å². The first-order valence-corrected chi connectivity index (χ1v) is 11.9. The number of benzene rings is 1. The summed E-state index contributed by atoms with van der Waals surface area (Å²) in [5.41, 5.74) is 3.00. The van der Waals surface area contributed by atoms with E-state index in [1.54, 1.807) is 43.8 Å². The third-order valence-electron chi connectivity index (χ3n) is 4.89. The van der Waals surface area contributed by atoms with E-state index in [4.69, 9.17) is 9.47 Å². The van der Waals surface area contributed by atoms with E-state index < -0.39 is 0 Å². The van der Waals surface area contributed by atoms with E-state index in [-0.39, 0.29) is 17.7 Å². The van der Waals surface area contributed by atoms with Crippen molar-refractivity contribution in [2.45, 2.75) is 45.3 Å². The van der Waals surface area contributed by atoms with Gasteiger partial charge in [-0.05, 0) is 44.9 Å². The van der Waals surface area contributed by atoms with E-state index in [1.807, 2.05) is 0 Å². The predicted molar refractivity (Wildman–Crippen MR) is 127 cm³/mol. The van der Waals surface area contributed by atoms with Gasteiger partial charge in [-0.15, -0.1) is 21.5 Å². The lowest BCUT2D eigenvalue weighted by Gasteiger charge is -2.14. The molecule has 9 heteroatoms. The minimum absolute atomic E-state index is 0.156. The fourth-order valence-electron chi connectivity index (χ4n) is 3.36. The van der Waals surface area contributed by atoms with Gasteiger partial charge in [0.25, 0.3) is 0 Å². The monoisotopic (exact) mass is 460 g/mol. The molecule has 0 aliphatic heterocycles. The lowest BCUT2D eigenvalue weighted by molar-refractivity contribution is -0.113. The average molecular weight is 461 g/mol. The summed E-state index contributed by atoms with van der Waals surface area (Å²) in [6.45, 7) is 8.49. The van der Waals surface area contributed by atoms with Gasteiger partial charge in [-0.1, -0.05) is 18.7 Å². The van der Waals surface area contributed by atoms with Crippen molar-refractivity contribution in [3.63, 3.8) is 0 Å². The molecule has 0 bridgehead atoms. The zero-order valence-electron chi connectivity index (χ0n) is 18.7. The van der Waals surface area contributed by atoms with Crippen molar-refractivity contribution in [1.82, 2.24) is 14.8 Å². The smallest absolute Gasteiger partial charge is 0.234 e. The maximum Gasteiger partial charge on any atom is 0.234 e. The number of carbonyl (C=O) groups excluding carboxylic acids is 1. The molecule has 2 heterocycles. The largest absolute Gasteiger partial charge is 0.497 e. The van der Waals surface area contributed by atoms with Crippen LogP contribution in [0.1, 0.15) is 37.3 Å². The number of anilines is 1. The Hall–Kier alpha value is -2.52. The molecule has 0 saturated heterocycles. The number of nitrogens with zero attached hydrogens (tertiary/aromatic N) is 3. The highest BCUT2D eigenvalue weighted by Gasteiger charge is 2.21. The molecule has 1 N–H and O–H groups in total. The molecule has 0 unspecified atom stereocenters. The minimum atomic E-state index is -0.156. The van der Waals surface area contributed by atoms with Gasteiger partial charge in [0.15, 0.2) is 11.0 Å². The van der Waals surface area contributed by atoms with Crippen LogP contribution in [0.2, 0.25) is 0 Å². The molecular formula is C22H28N4O3S2. The van der Waals surface area contributed by atoms with Crippen LogP contribution in [-0.2, 0) is 11.2 Å². The molecule has 0 aliphatic carbocycles. The van der Waals surface area contributed by atoms with Gasteiger partial charge in [0.2, 0.25) is 5.91 Å². The molecule has 1 amide bonds. The van der Waals surface area contributed by atoms with Crippen LogP contribution in [0.3, 0.4) is 0 Å². The van der Waals surface area contributed by atoms with Crippen molar-refractivity contribution in [3.05, 3.63) is 34.0 Å². The van der Waals surface area contributed by atoms with E-state index in [1.165, 1.54) is 22.2 Å². The number of amides is 1. The number of aromatic nitrogens is 3. The lowest BCUT2D eigenvalue weighted by atomic mass is 10.1. The Kier molecular flexibility index (Phi) is 7.61. The number of rotatable bonds is 9. The minimum Gasteiger partial charge on any atom is -0.497 e. The second kappa shape index (κ2) is 10.2. The number of thiophene rings is 1. The summed E-state index contributed by atoms with van der Waals surface area (Å²) in [6.07, 6.45) is 0.947. The number of carbonyl (C=O) groups is 1. The Labute approximate surface area is 191 Å². The Morgan fingerprint density at radius 1 is 1.26 bits per heavy atom. The molecule has 0 spiro atoms. The molecule has 1 aromatic carbocycles. The first-order valence-electron chi connectivity index (χ1n) is 10.1. The van der Waals surface area contributed by atoms with Crippen molar-refractivity contribution in [3.8, 4) is 22.9 Å². The second-order valence-electron chi connectivity index (χ2n) is 7.21. The molecule has 31 heavy (non-hydrogen) atoms. The fourth-order valence-corrected chi connectivity index (χ4v) is 5.17. The van der Waals surface area contributed by atoms with Crippen molar-refractivity contribution in [1.29, 1.82) is 0 Å². The molecule has 2 aromatic heterocycles. The maximum atomic E-state index is 12.6. The van der Waals surface area contributed by atoms with E-state index in [2.05, 4.69) is 53.2 Å². The van der Waals surface area contributed by atoms with Gasteiger partial charge < -0.3 is 14.8 Å². The molecule has 7 nitrogen and oxygen atoms in total. The molecule has 3 rings (SSSR count). The number of thioether (sulfide) groups is 1. The highest BCUT2D eigenvalue weighted by molar-refractivity contribution is 7.99. The summed E-state index contributed by atoms with van der Waals surface area (Å²) in [5.74, 6) is 2.12. The molecule has 166 valence electrons. The van der Waals surface area contributed by atoms with Gasteiger partial charge in [0, 0.05) is 27.9 Å². The van der Waals surface area contributed by atoms with Gasteiger partial charge in [0.1, 0.15) is 11.5 Å². The third kappa shape index (κ3) is 5.04. The summed E-state index contributed by atoms with van der Waals surface area (Å²) in [6, 6.07) is 5.45. The quantitative estimate of drug-likeness (QED) is 0.442. The number of hydrogen-bond donors (Lipinski definition) is 1. The van der Waals surface area contributed by atoms with Crippen LogP contribution in [0.25, 0.3) is 11.4 Å². The first kappa shape index (κ1) is 23.1. The Bertz CT molecular complexity index is 1060. The van der Waals surface area contributed by atoms with E-state index in [9.17, 15) is 4.79 Å². The lowest BCUT2D eigenvalue weighted by Crippen LogP contribution is -2.15. The van der Waals surface area contributed by atoms with Crippen LogP contribution in [0, 0.1) is 6.92 Å². The van der Waals surface area contributed by atoms with Gasteiger partial charge in [-0.25, -0.2) is 0 Å². The van der Waals surface area contributed by atoms with Crippen molar-refractivity contribution < 1.29 is 14.3 Å². The zero-order chi connectivity index (χ0) is 22.5. The fraction of sp³-hybridized carbons (Fsp3) is 0.409. The molecule has 0 radical (unpaired) electrons. The summed E-state index contributed by atoms with van der Waals surface area (Å²) in [5, 5.41) is 14.6. The molecule has 0 fully saturated rings. The summed E-state index contributed by atoms with van der Waals surface area (Å²) >= 11 is 3.10.